The highest BCUT2D eigenvalue weighted by Crippen LogP contribution is 2.35. The average Bonchev–Trinajstić information content (AvgIpc) is 2.81. The lowest BCUT2D eigenvalue weighted by molar-refractivity contribution is 0.620. The molecule has 4 aromatic rings. The van der Waals surface area contributed by atoms with Crippen LogP contribution >= 0.6 is 0 Å². The summed E-state index contributed by atoms with van der Waals surface area (Å²) in [6.07, 6.45) is 0. The third-order valence-electron chi connectivity index (χ3n) is 4.80. The van der Waals surface area contributed by atoms with Crippen molar-refractivity contribution in [2.45, 2.75) is 0 Å². The minimum Gasteiger partial charge on any atom is -0.311 e. The third-order valence-corrected chi connectivity index (χ3v) is 4.80. The zero-order valence-corrected chi connectivity index (χ0v) is 16.0. The monoisotopic (exact) mass is 389 g/mol. The molecule has 0 saturated heterocycles. The predicted octanol–water partition coefficient (Wildman–Crippen LogP) is 6.71. The van der Waals surface area contributed by atoms with Gasteiger partial charge in [0.25, 0.3) is 0 Å². The predicted molar refractivity (Wildman–Crippen MR) is 116 cm³/mol. The highest BCUT2D eigenvalue weighted by molar-refractivity contribution is 5.78. The van der Waals surface area contributed by atoms with Crippen LogP contribution in [0.3, 0.4) is 0 Å². The molecule has 30 heavy (non-hydrogen) atoms. The number of nitrogens with zero attached hydrogens (tertiary/aromatic N) is 3. The maximum Gasteiger partial charge on any atom is 0.158 e. The zero-order chi connectivity index (χ0) is 20.9. The van der Waals surface area contributed by atoms with Crippen LogP contribution in [0.15, 0.2) is 97.1 Å². The van der Waals surface area contributed by atoms with Gasteiger partial charge in [0.05, 0.1) is 11.1 Å². The fraction of sp³-hybridized carbons (Fsp3) is 0. The van der Waals surface area contributed by atoms with Gasteiger partial charge in [-0.15, -0.1) is 0 Å². The minimum absolute atomic E-state index is 0.136. The van der Waals surface area contributed by atoms with Crippen LogP contribution in [-0.4, -0.2) is 0 Å². The molecule has 0 unspecified atom stereocenters. The van der Waals surface area contributed by atoms with Crippen molar-refractivity contribution in [2.75, 3.05) is 4.90 Å². The summed E-state index contributed by atoms with van der Waals surface area (Å²) in [5.41, 5.74) is 4.16. The molecule has 0 amide bonds. The molecule has 0 aliphatic carbocycles. The lowest BCUT2D eigenvalue weighted by Gasteiger charge is -2.25. The van der Waals surface area contributed by atoms with Gasteiger partial charge in [-0.3, -0.25) is 0 Å². The van der Waals surface area contributed by atoms with Gasteiger partial charge in [-0.2, -0.15) is 10.5 Å². The van der Waals surface area contributed by atoms with Gasteiger partial charge >= 0.3 is 0 Å². The van der Waals surface area contributed by atoms with Crippen LogP contribution in [0.25, 0.3) is 11.1 Å². The van der Waals surface area contributed by atoms with E-state index in [1.165, 1.54) is 12.1 Å². The number of benzene rings is 4. The average molecular weight is 389 g/mol. The first kappa shape index (κ1) is 18.9. The molecular weight excluding hydrogens is 373 g/mol. The van der Waals surface area contributed by atoms with Crippen LogP contribution in [0, 0.1) is 28.5 Å². The van der Waals surface area contributed by atoms with Gasteiger partial charge in [-0.1, -0.05) is 48.5 Å². The minimum atomic E-state index is -0.778. The van der Waals surface area contributed by atoms with Crippen molar-refractivity contribution < 1.29 is 4.39 Å². The van der Waals surface area contributed by atoms with E-state index in [0.29, 0.717) is 5.56 Å². The Morgan fingerprint density at radius 3 is 1.43 bits per heavy atom. The number of rotatable bonds is 4. The number of hydrogen-bond acceptors (Lipinski definition) is 3. The number of para-hydroxylation sites is 2. The summed E-state index contributed by atoms with van der Waals surface area (Å²) >= 11 is 0. The molecule has 4 aromatic carbocycles. The molecule has 0 bridgehead atoms. The van der Waals surface area contributed by atoms with E-state index in [1.807, 2.05) is 97.1 Å². The summed E-state index contributed by atoms with van der Waals surface area (Å²) in [5.74, 6) is -0.778. The molecule has 3 nitrogen and oxygen atoms in total. The van der Waals surface area contributed by atoms with Gasteiger partial charge in [-0.05, 0) is 59.7 Å². The van der Waals surface area contributed by atoms with E-state index in [9.17, 15) is 14.9 Å². The maximum absolute atomic E-state index is 14.1. The lowest BCUT2D eigenvalue weighted by atomic mass is 9.99. The van der Waals surface area contributed by atoms with Crippen molar-refractivity contribution in [3.8, 4) is 23.3 Å². The Morgan fingerprint density at radius 2 is 1.00 bits per heavy atom. The van der Waals surface area contributed by atoms with Crippen molar-refractivity contribution in [2.24, 2.45) is 0 Å². The first-order valence-electron chi connectivity index (χ1n) is 9.35. The molecule has 0 aromatic heterocycles. The molecule has 0 saturated carbocycles. The Kier molecular flexibility index (Phi) is 5.24. The van der Waals surface area contributed by atoms with Crippen LogP contribution in [0.2, 0.25) is 0 Å². The lowest BCUT2D eigenvalue weighted by Crippen LogP contribution is -2.09. The molecule has 0 atom stereocenters. The van der Waals surface area contributed by atoms with Crippen molar-refractivity contribution in [1.29, 1.82) is 10.5 Å². The van der Waals surface area contributed by atoms with Gasteiger partial charge in [0.1, 0.15) is 12.1 Å². The van der Waals surface area contributed by atoms with Crippen molar-refractivity contribution in [3.05, 3.63) is 114 Å². The third kappa shape index (κ3) is 3.63. The van der Waals surface area contributed by atoms with E-state index in [1.54, 1.807) is 0 Å². The van der Waals surface area contributed by atoms with E-state index < -0.39 is 5.82 Å². The van der Waals surface area contributed by atoms with E-state index in [2.05, 4.69) is 4.90 Å². The summed E-state index contributed by atoms with van der Waals surface area (Å²) in [6.45, 7) is 0. The van der Waals surface area contributed by atoms with E-state index in [-0.39, 0.29) is 11.1 Å². The summed E-state index contributed by atoms with van der Waals surface area (Å²) in [7, 11) is 0. The van der Waals surface area contributed by atoms with Crippen molar-refractivity contribution >= 4 is 17.1 Å². The van der Waals surface area contributed by atoms with Gasteiger partial charge in [0.2, 0.25) is 0 Å². The second-order valence-corrected chi connectivity index (χ2v) is 6.66. The van der Waals surface area contributed by atoms with Crippen LogP contribution in [0.4, 0.5) is 21.5 Å². The van der Waals surface area contributed by atoms with Crippen molar-refractivity contribution in [3.63, 3.8) is 0 Å². The molecule has 0 N–H and O–H groups in total. The van der Waals surface area contributed by atoms with Crippen LogP contribution in [0.1, 0.15) is 11.1 Å². The molecule has 0 heterocycles. The molecule has 4 rings (SSSR count). The first-order chi connectivity index (χ1) is 14.7. The number of halogens is 1. The quantitative estimate of drug-likeness (QED) is 0.390. The van der Waals surface area contributed by atoms with Gasteiger partial charge in [-0.25, -0.2) is 4.39 Å². The molecule has 0 spiro atoms. The van der Waals surface area contributed by atoms with E-state index in [4.69, 9.17) is 0 Å². The Morgan fingerprint density at radius 1 is 0.567 bits per heavy atom. The standard InChI is InChI=1S/C26H16FN3/c27-26-21(17-28)15-20(16-22(26)18-29)19-11-13-25(14-12-19)30(23-7-3-1-4-8-23)24-9-5-2-6-10-24/h1-16H. The molecule has 142 valence electrons. The number of nitriles is 2. The SMILES string of the molecule is N#Cc1cc(-c2ccc(N(c3ccccc3)c3ccccc3)cc2)cc(C#N)c1F. The molecule has 4 heteroatoms. The first-order valence-corrected chi connectivity index (χ1v) is 9.35. The fourth-order valence-corrected chi connectivity index (χ4v) is 3.36. The van der Waals surface area contributed by atoms with Crippen LogP contribution in [0.5, 0.6) is 0 Å². The summed E-state index contributed by atoms with van der Waals surface area (Å²) in [5, 5.41) is 18.3. The van der Waals surface area contributed by atoms with Gasteiger partial charge in [0, 0.05) is 17.1 Å². The van der Waals surface area contributed by atoms with Crippen LogP contribution in [-0.2, 0) is 0 Å². The molecule has 0 fully saturated rings. The summed E-state index contributed by atoms with van der Waals surface area (Å²) in [4.78, 5) is 2.13. The highest BCUT2D eigenvalue weighted by atomic mass is 19.1. The second-order valence-electron chi connectivity index (χ2n) is 6.66. The Bertz CT molecular complexity index is 1180. The van der Waals surface area contributed by atoms with Gasteiger partial charge in [0.15, 0.2) is 5.82 Å². The Hall–Kier alpha value is -4.41. The fourth-order valence-electron chi connectivity index (χ4n) is 3.36. The summed E-state index contributed by atoms with van der Waals surface area (Å²) < 4.78 is 14.1. The Labute approximate surface area is 174 Å². The smallest absolute Gasteiger partial charge is 0.158 e. The van der Waals surface area contributed by atoms with Crippen LogP contribution < -0.4 is 4.90 Å². The Balaban J connectivity index is 1.77. The second kappa shape index (κ2) is 8.31. The van der Waals surface area contributed by atoms with Crippen molar-refractivity contribution in [1.82, 2.24) is 0 Å². The molecule has 0 aliphatic heterocycles. The van der Waals surface area contributed by atoms with Gasteiger partial charge < -0.3 is 4.90 Å². The number of hydrogen-bond donors (Lipinski definition) is 0. The number of anilines is 3. The molecule has 0 radical (unpaired) electrons. The zero-order valence-electron chi connectivity index (χ0n) is 16.0. The normalized spacial score (nSPS) is 10.1. The molecule has 0 aliphatic rings. The largest absolute Gasteiger partial charge is 0.311 e. The van der Waals surface area contributed by atoms with E-state index >= 15 is 0 Å². The van der Waals surface area contributed by atoms with E-state index in [0.717, 1.165) is 22.6 Å². The highest BCUT2D eigenvalue weighted by Gasteiger charge is 2.14. The summed E-state index contributed by atoms with van der Waals surface area (Å²) in [6, 6.07) is 34.4. The molecular formula is C26H16FN3. The topological polar surface area (TPSA) is 50.8 Å². The maximum atomic E-state index is 14.1.